The van der Waals surface area contributed by atoms with E-state index < -0.39 is 11.9 Å². The van der Waals surface area contributed by atoms with E-state index in [0.717, 1.165) is 33.5 Å². The highest BCUT2D eigenvalue weighted by atomic mass is 35.5. The highest BCUT2D eigenvalue weighted by Gasteiger charge is 2.29. The topological polar surface area (TPSA) is 74.4 Å². The molecular weight excluding hydrogens is 340 g/mol. The van der Waals surface area contributed by atoms with Crippen LogP contribution in [0.3, 0.4) is 0 Å². The largest absolute Gasteiger partial charge is 0.489 e. The minimum absolute atomic E-state index is 0. The summed E-state index contributed by atoms with van der Waals surface area (Å²) in [5, 5.41) is 13.6. The van der Waals surface area contributed by atoms with Gasteiger partial charge in [-0.2, -0.15) is 0 Å². The van der Waals surface area contributed by atoms with Crippen molar-refractivity contribution in [1.82, 2.24) is 10.3 Å². The van der Waals surface area contributed by atoms with Crippen LogP contribution in [-0.4, -0.2) is 22.6 Å². The van der Waals surface area contributed by atoms with Crippen molar-refractivity contribution in [2.45, 2.75) is 19.1 Å². The van der Waals surface area contributed by atoms with E-state index in [4.69, 9.17) is 4.74 Å². The van der Waals surface area contributed by atoms with Crippen LogP contribution in [0.1, 0.15) is 22.7 Å². The summed E-state index contributed by atoms with van der Waals surface area (Å²) < 4.78 is 5.88. The van der Waals surface area contributed by atoms with Gasteiger partial charge in [-0.25, -0.2) is 0 Å². The number of halogens is 1. The Kier molecular flexibility index (Phi) is 4.97. The van der Waals surface area contributed by atoms with Gasteiger partial charge in [-0.15, -0.1) is 12.4 Å². The second-order valence-corrected chi connectivity index (χ2v) is 6.02. The highest BCUT2D eigenvalue weighted by molar-refractivity contribution is 5.92. The second-order valence-electron chi connectivity index (χ2n) is 6.02. The molecule has 0 saturated carbocycles. The van der Waals surface area contributed by atoms with Gasteiger partial charge in [-0.05, 0) is 29.3 Å². The summed E-state index contributed by atoms with van der Waals surface area (Å²) in [5.41, 5.74) is 3.87. The number of aromatic nitrogens is 1. The summed E-state index contributed by atoms with van der Waals surface area (Å²) in [4.78, 5) is 14.9. The number of carbonyl (C=O) groups is 1. The van der Waals surface area contributed by atoms with Gasteiger partial charge >= 0.3 is 5.97 Å². The van der Waals surface area contributed by atoms with E-state index >= 15 is 0 Å². The van der Waals surface area contributed by atoms with Gasteiger partial charge in [0.1, 0.15) is 12.4 Å². The lowest BCUT2D eigenvalue weighted by Gasteiger charge is -2.20. The fourth-order valence-electron chi connectivity index (χ4n) is 3.27. The molecule has 0 amide bonds. The maximum atomic E-state index is 11.6. The van der Waals surface area contributed by atoms with E-state index in [-0.39, 0.29) is 12.4 Å². The molecule has 0 spiro atoms. The Balaban J connectivity index is 0.00000182. The molecule has 25 heavy (non-hydrogen) atoms. The molecule has 6 heteroatoms. The third-order valence-corrected chi connectivity index (χ3v) is 4.44. The van der Waals surface area contributed by atoms with Crippen molar-refractivity contribution in [3.63, 3.8) is 0 Å². The van der Waals surface area contributed by atoms with Gasteiger partial charge in [0.15, 0.2) is 0 Å². The third kappa shape index (κ3) is 3.34. The molecular formula is C19H19ClN2O3. The van der Waals surface area contributed by atoms with Crippen LogP contribution in [0.25, 0.3) is 10.9 Å². The van der Waals surface area contributed by atoms with Crippen LogP contribution in [0.2, 0.25) is 0 Å². The normalized spacial score (nSPS) is 16.1. The zero-order valence-corrected chi connectivity index (χ0v) is 14.3. The van der Waals surface area contributed by atoms with Crippen molar-refractivity contribution in [3.8, 4) is 5.75 Å². The van der Waals surface area contributed by atoms with E-state index in [1.165, 1.54) is 0 Å². The van der Waals surface area contributed by atoms with E-state index in [2.05, 4.69) is 10.3 Å². The van der Waals surface area contributed by atoms with Crippen LogP contribution in [0.5, 0.6) is 5.75 Å². The van der Waals surface area contributed by atoms with Crippen LogP contribution in [0.4, 0.5) is 0 Å². The predicted octanol–water partition coefficient (Wildman–Crippen LogP) is 3.44. The molecule has 3 aromatic rings. The lowest BCUT2D eigenvalue weighted by atomic mass is 9.93. The molecule has 0 radical (unpaired) electrons. The summed E-state index contributed by atoms with van der Waals surface area (Å²) in [6, 6.07) is 15.8. The SMILES string of the molecule is Cl.O=C(O)[C@H]1CNCc2[nH]c3ccc(OCc4ccccc4)cc3c21. The van der Waals surface area contributed by atoms with Crippen LogP contribution in [0.15, 0.2) is 48.5 Å². The minimum Gasteiger partial charge on any atom is -0.489 e. The first kappa shape index (κ1) is 17.3. The highest BCUT2D eigenvalue weighted by Crippen LogP contribution is 2.34. The van der Waals surface area contributed by atoms with Crippen LogP contribution in [-0.2, 0) is 17.9 Å². The van der Waals surface area contributed by atoms with E-state index in [9.17, 15) is 9.90 Å². The Hall–Kier alpha value is -2.50. The summed E-state index contributed by atoms with van der Waals surface area (Å²) in [5.74, 6) is -0.595. The molecule has 0 fully saturated rings. The first-order valence-corrected chi connectivity index (χ1v) is 7.97. The van der Waals surface area contributed by atoms with Gasteiger partial charge in [0, 0.05) is 29.7 Å². The average Bonchev–Trinajstić information content (AvgIpc) is 2.98. The lowest BCUT2D eigenvalue weighted by molar-refractivity contribution is -0.138. The number of aromatic amines is 1. The van der Waals surface area contributed by atoms with Gasteiger partial charge in [0.05, 0.1) is 5.92 Å². The van der Waals surface area contributed by atoms with Gasteiger partial charge in [-0.1, -0.05) is 30.3 Å². The molecule has 2 heterocycles. The minimum atomic E-state index is -0.806. The average molecular weight is 359 g/mol. The maximum absolute atomic E-state index is 11.6. The molecule has 0 saturated heterocycles. The molecule has 4 rings (SSSR count). The van der Waals surface area contributed by atoms with E-state index in [1.807, 2.05) is 48.5 Å². The summed E-state index contributed by atoms with van der Waals surface area (Å²) in [6.07, 6.45) is 0. The quantitative estimate of drug-likeness (QED) is 0.668. The third-order valence-electron chi connectivity index (χ3n) is 4.44. The standard InChI is InChI=1S/C19H18N2O3.ClH/c22-19(23)15-9-20-10-17-18(15)14-8-13(6-7-16(14)21-17)24-11-12-4-2-1-3-5-12;/h1-8,15,20-21H,9-11H2,(H,22,23);1H/t15-;/m0./s1. The summed E-state index contributed by atoms with van der Waals surface area (Å²) in [6.45, 7) is 1.60. The van der Waals surface area contributed by atoms with Crippen molar-refractivity contribution < 1.29 is 14.6 Å². The predicted molar refractivity (Wildman–Crippen MR) is 98.4 cm³/mol. The van der Waals surface area contributed by atoms with Crippen LogP contribution < -0.4 is 10.1 Å². The molecule has 3 N–H and O–H groups in total. The van der Waals surface area contributed by atoms with Crippen molar-refractivity contribution >= 4 is 29.3 Å². The van der Waals surface area contributed by atoms with Crippen LogP contribution >= 0.6 is 12.4 Å². The second kappa shape index (κ2) is 7.17. The Bertz CT molecular complexity index is 892. The Morgan fingerprint density at radius 3 is 2.76 bits per heavy atom. The van der Waals surface area contributed by atoms with Crippen molar-refractivity contribution in [2.75, 3.05) is 6.54 Å². The number of hydrogen-bond acceptors (Lipinski definition) is 3. The van der Waals surface area contributed by atoms with E-state index in [1.54, 1.807) is 0 Å². The summed E-state index contributed by atoms with van der Waals surface area (Å²) in [7, 11) is 0. The van der Waals surface area contributed by atoms with Crippen molar-refractivity contribution in [3.05, 3.63) is 65.4 Å². The number of benzene rings is 2. The number of nitrogens with one attached hydrogen (secondary N) is 2. The van der Waals surface area contributed by atoms with E-state index in [0.29, 0.717) is 19.7 Å². The molecule has 1 aliphatic heterocycles. The number of aliphatic carboxylic acids is 1. The Labute approximate surface area is 151 Å². The molecule has 5 nitrogen and oxygen atoms in total. The molecule has 130 valence electrons. The van der Waals surface area contributed by atoms with Gasteiger partial charge in [0.25, 0.3) is 0 Å². The molecule has 0 aliphatic carbocycles. The van der Waals surface area contributed by atoms with Gasteiger partial charge in [-0.3, -0.25) is 4.79 Å². The number of ether oxygens (including phenoxy) is 1. The van der Waals surface area contributed by atoms with Crippen LogP contribution in [0, 0.1) is 0 Å². The molecule has 1 atom stereocenters. The first-order chi connectivity index (χ1) is 11.7. The van der Waals surface area contributed by atoms with Crippen molar-refractivity contribution in [2.24, 2.45) is 0 Å². The Morgan fingerprint density at radius 1 is 1.20 bits per heavy atom. The molecule has 0 unspecified atom stereocenters. The molecule has 0 bridgehead atoms. The zero-order chi connectivity index (χ0) is 16.5. The van der Waals surface area contributed by atoms with Gasteiger partial charge in [0.2, 0.25) is 0 Å². The first-order valence-electron chi connectivity index (χ1n) is 7.97. The number of fused-ring (bicyclic) bond motifs is 3. The molecule has 2 aromatic carbocycles. The molecule has 1 aliphatic rings. The monoisotopic (exact) mass is 358 g/mol. The number of H-pyrrole nitrogens is 1. The zero-order valence-electron chi connectivity index (χ0n) is 13.5. The molecule has 1 aromatic heterocycles. The van der Waals surface area contributed by atoms with Crippen molar-refractivity contribution in [1.29, 1.82) is 0 Å². The number of hydrogen-bond donors (Lipinski definition) is 3. The van der Waals surface area contributed by atoms with Gasteiger partial charge < -0.3 is 20.1 Å². The number of rotatable bonds is 4. The lowest BCUT2D eigenvalue weighted by Crippen LogP contribution is -2.32. The fraction of sp³-hybridized carbons (Fsp3) is 0.211. The number of carboxylic acid groups (broad SMARTS) is 1. The smallest absolute Gasteiger partial charge is 0.312 e. The maximum Gasteiger partial charge on any atom is 0.312 e. The number of carboxylic acids is 1. The Morgan fingerprint density at radius 2 is 2.00 bits per heavy atom. The summed E-state index contributed by atoms with van der Waals surface area (Å²) >= 11 is 0. The fourth-order valence-corrected chi connectivity index (χ4v) is 3.27.